The molecule has 0 aliphatic carbocycles. The molecule has 7 atom stereocenters. The highest BCUT2D eigenvalue weighted by atomic mass is 16.3. The Morgan fingerprint density at radius 1 is 0.453 bits per heavy atom. The third-order valence-electron chi connectivity index (χ3n) is 11.4. The molecule has 8 nitrogen and oxygen atoms in total. The molecule has 314 valence electrons. The maximum Gasteiger partial charge on any atom is 0.0877 e. The fourth-order valence-electron chi connectivity index (χ4n) is 7.27. The molecule has 0 saturated heterocycles. The van der Waals surface area contributed by atoms with Crippen molar-refractivity contribution in [1.82, 2.24) is 0 Å². The highest BCUT2D eigenvalue weighted by Gasteiger charge is 2.32. The fraction of sp³-hybridized carbons (Fsp3) is 0.867. The van der Waals surface area contributed by atoms with E-state index < -0.39 is 39.7 Å². The van der Waals surface area contributed by atoms with Crippen LogP contribution in [0, 0.1) is 0 Å². The second kappa shape index (κ2) is 24.5. The molecule has 0 aliphatic rings. The lowest BCUT2D eigenvalue weighted by Crippen LogP contribution is -2.39. The fourth-order valence-corrected chi connectivity index (χ4v) is 7.27. The van der Waals surface area contributed by atoms with Crippen molar-refractivity contribution in [2.75, 3.05) is 6.61 Å². The average molecular weight is 755 g/mol. The highest BCUT2D eigenvalue weighted by molar-refractivity contribution is 5.04. The van der Waals surface area contributed by atoms with Gasteiger partial charge in [0.1, 0.15) is 0 Å². The van der Waals surface area contributed by atoms with Gasteiger partial charge < -0.3 is 40.9 Å². The Bertz CT molecular complexity index is 1080. The summed E-state index contributed by atoms with van der Waals surface area (Å²) in [5.41, 5.74) is -1.97. The lowest BCUT2D eigenvalue weighted by molar-refractivity contribution is -0.0746. The number of aliphatic hydroxyl groups excluding tert-OH is 2. The van der Waals surface area contributed by atoms with E-state index in [1.165, 1.54) is 11.1 Å². The quantitative estimate of drug-likeness (QED) is 0.0326. The van der Waals surface area contributed by atoms with Crippen molar-refractivity contribution < 1.29 is 40.9 Å². The van der Waals surface area contributed by atoms with Crippen molar-refractivity contribution in [1.29, 1.82) is 0 Å². The Balaban J connectivity index is 4.45. The standard InChI is InChI=1S/C45H86O8/c1-36(2)18-12-24-40(5,48)25-13-26-41(6,49)27-14-28-42(7,50)29-15-30-43(8,51)31-16-32-44(9,52)33-17-34-45(10,53)39(47)22-21-37(3)19-11-20-38(4)23-35-46/h18-19,23,39,46-53H,11-17,20-22,24-35H2,1-10H3/b37-19+,38-23+/t39-,40+,41+,42+,43+,44+,45-/m1/s1. The second-order valence-corrected chi connectivity index (χ2v) is 18.8. The molecule has 0 fully saturated rings. The molecular weight excluding hydrogens is 668 g/mol. The van der Waals surface area contributed by atoms with Gasteiger partial charge in [0, 0.05) is 0 Å². The number of allylic oxidation sites excluding steroid dienone is 5. The largest absolute Gasteiger partial charge is 0.392 e. The molecule has 0 spiro atoms. The lowest BCUT2D eigenvalue weighted by atomic mass is 9.83. The predicted molar refractivity (Wildman–Crippen MR) is 221 cm³/mol. The van der Waals surface area contributed by atoms with Gasteiger partial charge in [0.25, 0.3) is 0 Å². The molecular formula is C45H86O8. The number of hydrogen-bond acceptors (Lipinski definition) is 8. The summed E-state index contributed by atoms with van der Waals surface area (Å²) in [5.74, 6) is 0. The first-order valence-corrected chi connectivity index (χ1v) is 20.8. The van der Waals surface area contributed by atoms with E-state index in [2.05, 4.69) is 26.0 Å². The summed E-state index contributed by atoms with van der Waals surface area (Å²) in [7, 11) is 0. The van der Waals surface area contributed by atoms with Crippen LogP contribution in [0.15, 0.2) is 34.9 Å². The van der Waals surface area contributed by atoms with Gasteiger partial charge in [-0.1, -0.05) is 34.9 Å². The number of aliphatic hydroxyl groups is 8. The van der Waals surface area contributed by atoms with Gasteiger partial charge in [0.2, 0.25) is 0 Å². The van der Waals surface area contributed by atoms with E-state index in [-0.39, 0.29) is 6.61 Å². The van der Waals surface area contributed by atoms with E-state index in [4.69, 9.17) is 5.11 Å². The molecule has 8 N–H and O–H groups in total. The zero-order valence-corrected chi connectivity index (χ0v) is 35.9. The minimum Gasteiger partial charge on any atom is -0.392 e. The van der Waals surface area contributed by atoms with Crippen molar-refractivity contribution in [3.05, 3.63) is 34.9 Å². The van der Waals surface area contributed by atoms with Gasteiger partial charge >= 0.3 is 0 Å². The SMILES string of the molecule is CC(C)=CCC[C@](C)(O)CCC[C@](C)(O)CCC[C@](C)(O)CCC[C@](C)(O)CCC[C@](C)(O)CCC[C@@](C)(O)[C@H](O)CC/C(C)=C/CC/C(C)=C/CO. The van der Waals surface area contributed by atoms with Gasteiger partial charge in [-0.3, -0.25) is 0 Å². The summed E-state index contributed by atoms with van der Waals surface area (Å²) in [6.07, 6.45) is 18.5. The summed E-state index contributed by atoms with van der Waals surface area (Å²) < 4.78 is 0. The first-order valence-electron chi connectivity index (χ1n) is 20.8. The topological polar surface area (TPSA) is 162 Å². The van der Waals surface area contributed by atoms with Crippen molar-refractivity contribution in [2.45, 2.75) is 244 Å². The molecule has 8 heteroatoms. The molecule has 0 aliphatic heterocycles. The minimum atomic E-state index is -1.24. The first-order chi connectivity index (χ1) is 24.2. The highest BCUT2D eigenvalue weighted by Crippen LogP contribution is 2.32. The molecule has 0 unspecified atom stereocenters. The molecule has 0 bridgehead atoms. The second-order valence-electron chi connectivity index (χ2n) is 18.8. The van der Waals surface area contributed by atoms with Gasteiger partial charge in [-0.05, 0) is 204 Å². The third kappa shape index (κ3) is 28.0. The summed E-state index contributed by atoms with van der Waals surface area (Å²) in [6, 6.07) is 0. The molecule has 53 heavy (non-hydrogen) atoms. The molecule has 0 saturated carbocycles. The van der Waals surface area contributed by atoms with Crippen LogP contribution in [-0.4, -0.2) is 87.2 Å². The monoisotopic (exact) mass is 755 g/mol. The maximum absolute atomic E-state index is 11.0. The minimum absolute atomic E-state index is 0.0565. The van der Waals surface area contributed by atoms with Gasteiger partial charge in [-0.2, -0.15) is 0 Å². The number of rotatable bonds is 31. The molecule has 0 heterocycles. The van der Waals surface area contributed by atoms with Crippen molar-refractivity contribution >= 4 is 0 Å². The zero-order chi connectivity index (χ0) is 41.0. The van der Waals surface area contributed by atoms with Gasteiger partial charge in [-0.25, -0.2) is 0 Å². The van der Waals surface area contributed by atoms with E-state index in [1.54, 1.807) is 13.8 Å². The van der Waals surface area contributed by atoms with Crippen molar-refractivity contribution in [3.63, 3.8) is 0 Å². The molecule has 0 aromatic rings. The van der Waals surface area contributed by atoms with Gasteiger partial charge in [0.15, 0.2) is 0 Å². The van der Waals surface area contributed by atoms with E-state index in [0.717, 1.165) is 31.3 Å². The lowest BCUT2D eigenvalue weighted by Gasteiger charge is -2.32. The van der Waals surface area contributed by atoms with Crippen LogP contribution < -0.4 is 0 Å². The Morgan fingerprint density at radius 3 is 1.15 bits per heavy atom. The van der Waals surface area contributed by atoms with Crippen molar-refractivity contribution in [2.24, 2.45) is 0 Å². The Labute approximate surface area is 325 Å². The molecule has 0 radical (unpaired) electrons. The molecule has 0 aromatic heterocycles. The van der Waals surface area contributed by atoms with Gasteiger partial charge in [-0.15, -0.1) is 0 Å². The molecule has 0 rings (SSSR count). The van der Waals surface area contributed by atoms with Crippen LogP contribution >= 0.6 is 0 Å². The Hall–Kier alpha value is -1.10. The summed E-state index contributed by atoms with van der Waals surface area (Å²) >= 11 is 0. The van der Waals surface area contributed by atoms with E-state index in [9.17, 15) is 35.7 Å². The van der Waals surface area contributed by atoms with Crippen LogP contribution in [-0.2, 0) is 0 Å². The smallest absolute Gasteiger partial charge is 0.0877 e. The predicted octanol–water partition coefficient (Wildman–Crippen LogP) is 8.90. The van der Waals surface area contributed by atoms with Crippen molar-refractivity contribution in [3.8, 4) is 0 Å². The average Bonchev–Trinajstić information content (AvgIpc) is 2.98. The molecule has 0 amide bonds. The van der Waals surface area contributed by atoms with E-state index >= 15 is 0 Å². The summed E-state index contributed by atoms with van der Waals surface area (Å²) in [5, 5.41) is 85.3. The van der Waals surface area contributed by atoms with Crippen LogP contribution in [0.2, 0.25) is 0 Å². The van der Waals surface area contributed by atoms with Crippen LogP contribution in [0.3, 0.4) is 0 Å². The Morgan fingerprint density at radius 2 is 0.792 bits per heavy atom. The summed E-state index contributed by atoms with van der Waals surface area (Å²) in [4.78, 5) is 0. The van der Waals surface area contributed by atoms with Gasteiger partial charge in [0.05, 0.1) is 46.3 Å². The van der Waals surface area contributed by atoms with Crippen LogP contribution in [0.1, 0.15) is 204 Å². The van der Waals surface area contributed by atoms with E-state index in [0.29, 0.717) is 109 Å². The number of hydrogen-bond donors (Lipinski definition) is 8. The third-order valence-corrected chi connectivity index (χ3v) is 11.4. The maximum atomic E-state index is 11.0. The van der Waals surface area contributed by atoms with E-state index in [1.807, 2.05) is 47.6 Å². The zero-order valence-electron chi connectivity index (χ0n) is 35.9. The normalized spacial score (nSPS) is 20.3. The first kappa shape index (κ1) is 51.9. The van der Waals surface area contributed by atoms with Crippen LogP contribution in [0.25, 0.3) is 0 Å². The van der Waals surface area contributed by atoms with Crippen LogP contribution in [0.4, 0.5) is 0 Å². The molecule has 0 aromatic carbocycles. The van der Waals surface area contributed by atoms with Crippen LogP contribution in [0.5, 0.6) is 0 Å². The Kier molecular flexibility index (Phi) is 24.0. The summed E-state index contributed by atoms with van der Waals surface area (Å²) in [6.45, 7) is 19.0.